The van der Waals surface area contributed by atoms with Gasteiger partial charge in [0.05, 0.1) is 18.3 Å². The summed E-state index contributed by atoms with van der Waals surface area (Å²) in [6, 6.07) is 9.92. The molecule has 2 rings (SSSR count). The van der Waals surface area contributed by atoms with E-state index in [2.05, 4.69) is 29.5 Å². The number of amides is 1. The number of carbonyl (C=O) groups is 1. The van der Waals surface area contributed by atoms with Gasteiger partial charge in [-0.1, -0.05) is 49.4 Å². The third-order valence-corrected chi connectivity index (χ3v) is 3.68. The van der Waals surface area contributed by atoms with E-state index in [1.807, 2.05) is 37.3 Å². The van der Waals surface area contributed by atoms with Crippen LogP contribution in [0.25, 0.3) is 0 Å². The Kier molecular flexibility index (Phi) is 5.50. The smallest absolute Gasteiger partial charge is 0.273 e. The summed E-state index contributed by atoms with van der Waals surface area (Å²) < 4.78 is 1.66. The first kappa shape index (κ1) is 17.1. The summed E-state index contributed by atoms with van der Waals surface area (Å²) in [5, 5.41) is 11.0. The summed E-state index contributed by atoms with van der Waals surface area (Å²) in [5.41, 5.74) is 6.81. The van der Waals surface area contributed by atoms with Crippen molar-refractivity contribution >= 4 is 5.91 Å². The van der Waals surface area contributed by atoms with Crippen LogP contribution >= 0.6 is 0 Å². The van der Waals surface area contributed by atoms with Crippen LogP contribution in [0.4, 0.5) is 0 Å². The van der Waals surface area contributed by atoms with Gasteiger partial charge in [-0.25, -0.2) is 4.68 Å². The molecule has 0 bridgehead atoms. The van der Waals surface area contributed by atoms with Crippen LogP contribution in [-0.2, 0) is 6.54 Å². The van der Waals surface area contributed by atoms with Crippen LogP contribution in [0.1, 0.15) is 43.2 Å². The first-order chi connectivity index (χ1) is 10.9. The molecule has 1 amide bonds. The highest BCUT2D eigenvalue weighted by Gasteiger charge is 2.27. The van der Waals surface area contributed by atoms with E-state index in [9.17, 15) is 4.79 Å². The van der Waals surface area contributed by atoms with E-state index in [4.69, 9.17) is 5.73 Å². The molecule has 0 radical (unpaired) electrons. The molecule has 0 aliphatic rings. The van der Waals surface area contributed by atoms with Gasteiger partial charge in [-0.3, -0.25) is 4.79 Å². The van der Waals surface area contributed by atoms with Crippen molar-refractivity contribution in [1.82, 2.24) is 20.3 Å². The molecule has 0 aliphatic heterocycles. The summed E-state index contributed by atoms with van der Waals surface area (Å²) in [4.78, 5) is 12.4. The van der Waals surface area contributed by atoms with Crippen LogP contribution in [0.5, 0.6) is 0 Å². The van der Waals surface area contributed by atoms with Gasteiger partial charge < -0.3 is 11.1 Å². The molecule has 1 aromatic heterocycles. The fraction of sp³-hybridized carbons (Fsp3) is 0.471. The van der Waals surface area contributed by atoms with E-state index < -0.39 is 5.54 Å². The van der Waals surface area contributed by atoms with E-state index in [0.717, 1.165) is 12.0 Å². The van der Waals surface area contributed by atoms with Gasteiger partial charge >= 0.3 is 0 Å². The highest BCUT2D eigenvalue weighted by molar-refractivity contribution is 5.92. The van der Waals surface area contributed by atoms with Crippen molar-refractivity contribution in [2.24, 2.45) is 11.7 Å². The fourth-order valence-corrected chi connectivity index (χ4v) is 2.67. The zero-order valence-electron chi connectivity index (χ0n) is 14.0. The maximum atomic E-state index is 12.4. The predicted molar refractivity (Wildman–Crippen MR) is 89.9 cm³/mol. The van der Waals surface area contributed by atoms with E-state index >= 15 is 0 Å². The average Bonchev–Trinajstić information content (AvgIpc) is 2.96. The third-order valence-electron chi connectivity index (χ3n) is 3.68. The van der Waals surface area contributed by atoms with Gasteiger partial charge in [0.2, 0.25) is 0 Å². The topological polar surface area (TPSA) is 85.8 Å². The Labute approximate surface area is 137 Å². The summed E-state index contributed by atoms with van der Waals surface area (Å²) >= 11 is 0. The molecule has 23 heavy (non-hydrogen) atoms. The first-order valence-electron chi connectivity index (χ1n) is 7.88. The molecule has 6 nitrogen and oxygen atoms in total. The van der Waals surface area contributed by atoms with Gasteiger partial charge in [-0.2, -0.15) is 0 Å². The minimum Gasteiger partial charge on any atom is -0.344 e. The molecule has 0 saturated heterocycles. The minimum absolute atomic E-state index is 0.238. The number of aromatic nitrogens is 3. The van der Waals surface area contributed by atoms with Crippen molar-refractivity contribution in [2.45, 2.75) is 39.3 Å². The second kappa shape index (κ2) is 7.37. The number of carbonyl (C=O) groups excluding carboxylic acids is 1. The predicted octanol–water partition coefficient (Wildman–Crippen LogP) is 1.82. The fourth-order valence-electron chi connectivity index (χ4n) is 2.67. The Bertz CT molecular complexity index is 637. The zero-order chi connectivity index (χ0) is 16.9. The van der Waals surface area contributed by atoms with Gasteiger partial charge in [-0.15, -0.1) is 5.10 Å². The molecule has 1 atom stereocenters. The lowest BCUT2D eigenvalue weighted by Gasteiger charge is -2.30. The van der Waals surface area contributed by atoms with Crippen LogP contribution in [0.3, 0.4) is 0 Å². The molecule has 0 aliphatic carbocycles. The Morgan fingerprint density at radius 3 is 2.65 bits per heavy atom. The maximum Gasteiger partial charge on any atom is 0.273 e. The van der Waals surface area contributed by atoms with Crippen LogP contribution < -0.4 is 11.1 Å². The molecule has 0 spiro atoms. The molecule has 2 aromatic rings. The Morgan fingerprint density at radius 2 is 2.04 bits per heavy atom. The molecule has 1 unspecified atom stereocenters. The summed E-state index contributed by atoms with van der Waals surface area (Å²) in [5.74, 6) is 0.204. The molecule has 6 heteroatoms. The largest absolute Gasteiger partial charge is 0.344 e. The monoisotopic (exact) mass is 315 g/mol. The summed E-state index contributed by atoms with van der Waals surface area (Å²) in [6.45, 7) is 7.14. The van der Waals surface area contributed by atoms with Crippen molar-refractivity contribution in [1.29, 1.82) is 0 Å². The summed E-state index contributed by atoms with van der Waals surface area (Å²) in [7, 11) is 0. The number of benzene rings is 1. The molecule has 124 valence electrons. The van der Waals surface area contributed by atoms with Crippen molar-refractivity contribution in [3.8, 4) is 0 Å². The van der Waals surface area contributed by atoms with Crippen molar-refractivity contribution in [3.05, 3.63) is 47.8 Å². The molecular formula is C17H25N5O. The van der Waals surface area contributed by atoms with Crippen molar-refractivity contribution < 1.29 is 4.79 Å². The maximum absolute atomic E-state index is 12.4. The molecule has 0 fully saturated rings. The van der Waals surface area contributed by atoms with Crippen LogP contribution in [0, 0.1) is 5.92 Å². The van der Waals surface area contributed by atoms with Crippen molar-refractivity contribution in [3.63, 3.8) is 0 Å². The van der Waals surface area contributed by atoms with Crippen LogP contribution in [0.15, 0.2) is 36.5 Å². The van der Waals surface area contributed by atoms with Crippen LogP contribution in [-0.4, -0.2) is 33.0 Å². The van der Waals surface area contributed by atoms with E-state index in [-0.39, 0.29) is 5.91 Å². The lowest BCUT2D eigenvalue weighted by atomic mass is 9.90. The van der Waals surface area contributed by atoms with Gasteiger partial charge in [0, 0.05) is 6.54 Å². The zero-order valence-corrected chi connectivity index (χ0v) is 14.0. The molecule has 3 N–H and O–H groups in total. The van der Waals surface area contributed by atoms with Gasteiger partial charge in [0.15, 0.2) is 5.69 Å². The molecule has 1 aromatic carbocycles. The number of nitrogens with two attached hydrogens (primary N) is 1. The highest BCUT2D eigenvalue weighted by atomic mass is 16.2. The van der Waals surface area contributed by atoms with E-state index in [1.54, 1.807) is 10.9 Å². The van der Waals surface area contributed by atoms with E-state index in [1.165, 1.54) is 0 Å². The normalized spacial score (nSPS) is 13.8. The molecule has 1 heterocycles. The van der Waals surface area contributed by atoms with Gasteiger partial charge in [0.25, 0.3) is 5.91 Å². The highest BCUT2D eigenvalue weighted by Crippen LogP contribution is 2.16. The Hall–Kier alpha value is -2.21. The SMILES string of the molecule is CC(C)CC(C)(CN)NC(=O)c1cn(Cc2ccccc2)nn1. The Morgan fingerprint density at radius 1 is 1.35 bits per heavy atom. The third kappa shape index (κ3) is 4.89. The Balaban J connectivity index is 2.03. The molecule has 0 saturated carbocycles. The van der Waals surface area contributed by atoms with Crippen molar-refractivity contribution in [2.75, 3.05) is 6.54 Å². The van der Waals surface area contributed by atoms with Crippen LogP contribution in [0.2, 0.25) is 0 Å². The van der Waals surface area contributed by atoms with Gasteiger partial charge in [-0.05, 0) is 24.8 Å². The van der Waals surface area contributed by atoms with Gasteiger partial charge in [0.1, 0.15) is 0 Å². The lowest BCUT2D eigenvalue weighted by molar-refractivity contribution is 0.0893. The second-order valence-corrected chi connectivity index (χ2v) is 6.60. The number of nitrogens with zero attached hydrogens (tertiary/aromatic N) is 3. The first-order valence-corrected chi connectivity index (χ1v) is 7.88. The number of hydrogen-bond donors (Lipinski definition) is 2. The number of rotatable bonds is 7. The minimum atomic E-state index is -0.436. The average molecular weight is 315 g/mol. The second-order valence-electron chi connectivity index (χ2n) is 6.60. The molecular weight excluding hydrogens is 290 g/mol. The standard InChI is InChI=1S/C17H25N5O/c1-13(2)9-17(3,12-18)19-16(23)15-11-22(21-20-15)10-14-7-5-4-6-8-14/h4-8,11,13H,9-10,12,18H2,1-3H3,(H,19,23). The summed E-state index contributed by atoms with van der Waals surface area (Å²) in [6.07, 6.45) is 2.47. The lowest BCUT2D eigenvalue weighted by Crippen LogP contribution is -2.52. The number of hydrogen-bond acceptors (Lipinski definition) is 4. The number of nitrogens with one attached hydrogen (secondary N) is 1. The van der Waals surface area contributed by atoms with E-state index in [0.29, 0.717) is 24.7 Å². The quantitative estimate of drug-likeness (QED) is 0.816.